The highest BCUT2D eigenvalue weighted by atomic mass is 35.5. The number of aromatic nitrogens is 1. The summed E-state index contributed by atoms with van der Waals surface area (Å²) >= 11 is 5.92. The van der Waals surface area contributed by atoms with E-state index in [1.54, 1.807) is 6.20 Å². The Morgan fingerprint density at radius 1 is 1.38 bits per heavy atom. The smallest absolute Gasteiger partial charge is 0.0747 e. The van der Waals surface area contributed by atoms with Crippen LogP contribution in [-0.2, 0) is 6.54 Å². The topological polar surface area (TPSA) is 38.9 Å². The van der Waals surface area contributed by atoms with Gasteiger partial charge in [0.1, 0.15) is 0 Å². The van der Waals surface area contributed by atoms with Gasteiger partial charge in [0.2, 0.25) is 0 Å². The van der Waals surface area contributed by atoms with Gasteiger partial charge >= 0.3 is 0 Å². The molecule has 0 saturated carbocycles. The molecule has 0 amide bonds. The van der Waals surface area contributed by atoms with Crippen LogP contribution >= 0.6 is 11.6 Å². The fraction of sp³-hybridized carbons (Fsp3) is 0.100. The van der Waals surface area contributed by atoms with E-state index in [1.807, 2.05) is 24.3 Å². The zero-order valence-electron chi connectivity index (χ0n) is 7.00. The van der Waals surface area contributed by atoms with Crippen molar-refractivity contribution in [1.82, 2.24) is 4.98 Å². The molecule has 0 saturated heterocycles. The van der Waals surface area contributed by atoms with Crippen molar-refractivity contribution >= 4 is 22.5 Å². The molecule has 0 unspecified atom stereocenters. The van der Waals surface area contributed by atoms with Crippen molar-refractivity contribution in [3.63, 3.8) is 0 Å². The lowest BCUT2D eigenvalue weighted by Crippen LogP contribution is -1.98. The van der Waals surface area contributed by atoms with Crippen LogP contribution in [0, 0.1) is 0 Å². The highest BCUT2D eigenvalue weighted by Gasteiger charge is 2.01. The van der Waals surface area contributed by atoms with E-state index in [2.05, 4.69) is 4.98 Å². The Morgan fingerprint density at radius 3 is 3.00 bits per heavy atom. The number of benzene rings is 1. The Balaban J connectivity index is 2.81. The van der Waals surface area contributed by atoms with Crippen LogP contribution in [0.5, 0.6) is 0 Å². The number of pyridine rings is 1. The molecular weight excluding hydrogens is 184 g/mol. The molecule has 3 heteroatoms. The number of nitrogens with zero attached hydrogens (tertiary/aromatic N) is 1. The van der Waals surface area contributed by atoms with Gasteiger partial charge in [0, 0.05) is 23.2 Å². The van der Waals surface area contributed by atoms with Crippen molar-refractivity contribution in [2.24, 2.45) is 5.73 Å². The first-order valence-corrected chi connectivity index (χ1v) is 4.42. The van der Waals surface area contributed by atoms with E-state index in [0.717, 1.165) is 16.5 Å². The maximum Gasteiger partial charge on any atom is 0.0747 e. The minimum atomic E-state index is 0.466. The lowest BCUT2D eigenvalue weighted by atomic mass is 10.1. The number of nitrogens with two attached hydrogens (primary N) is 1. The first-order chi connectivity index (χ1) is 6.31. The third-order valence-corrected chi connectivity index (χ3v) is 2.19. The Morgan fingerprint density at radius 2 is 2.23 bits per heavy atom. The van der Waals surface area contributed by atoms with Gasteiger partial charge in [-0.2, -0.15) is 0 Å². The van der Waals surface area contributed by atoms with E-state index < -0.39 is 0 Å². The van der Waals surface area contributed by atoms with Gasteiger partial charge in [0.15, 0.2) is 0 Å². The van der Waals surface area contributed by atoms with Gasteiger partial charge < -0.3 is 5.73 Å². The Hall–Kier alpha value is -1.12. The highest BCUT2D eigenvalue weighted by Crippen LogP contribution is 2.21. The predicted molar refractivity (Wildman–Crippen MR) is 54.6 cm³/mol. The maximum absolute atomic E-state index is 5.92. The molecule has 2 nitrogen and oxygen atoms in total. The Kier molecular flexibility index (Phi) is 2.17. The summed E-state index contributed by atoms with van der Waals surface area (Å²) < 4.78 is 0. The molecule has 0 aliphatic heterocycles. The van der Waals surface area contributed by atoms with Crippen LogP contribution in [0.4, 0.5) is 0 Å². The fourth-order valence-electron chi connectivity index (χ4n) is 1.38. The molecule has 1 aromatic carbocycles. The van der Waals surface area contributed by atoms with E-state index in [4.69, 9.17) is 17.3 Å². The highest BCUT2D eigenvalue weighted by molar-refractivity contribution is 6.31. The zero-order valence-corrected chi connectivity index (χ0v) is 7.75. The average molecular weight is 193 g/mol. The van der Waals surface area contributed by atoms with E-state index in [9.17, 15) is 0 Å². The standard InChI is InChI=1S/C10H9ClN2/c11-9-4-7-2-1-3-13-10(7)8(5-9)6-12/h1-5H,6,12H2. The van der Waals surface area contributed by atoms with Gasteiger partial charge in [-0.3, -0.25) is 4.98 Å². The number of halogens is 1. The summed E-state index contributed by atoms with van der Waals surface area (Å²) in [6.07, 6.45) is 1.76. The molecule has 0 aliphatic carbocycles. The van der Waals surface area contributed by atoms with Crippen LogP contribution in [-0.4, -0.2) is 4.98 Å². The number of hydrogen-bond donors (Lipinski definition) is 1. The SMILES string of the molecule is NCc1cc(Cl)cc2cccnc12. The van der Waals surface area contributed by atoms with Crippen LogP contribution in [0.25, 0.3) is 10.9 Å². The van der Waals surface area contributed by atoms with Gasteiger partial charge in [0.25, 0.3) is 0 Å². The zero-order chi connectivity index (χ0) is 9.26. The van der Waals surface area contributed by atoms with Crippen LogP contribution in [0.1, 0.15) is 5.56 Å². The summed E-state index contributed by atoms with van der Waals surface area (Å²) in [5.74, 6) is 0. The second-order valence-corrected chi connectivity index (χ2v) is 3.28. The number of hydrogen-bond acceptors (Lipinski definition) is 2. The molecule has 1 aromatic heterocycles. The fourth-order valence-corrected chi connectivity index (χ4v) is 1.63. The first kappa shape index (κ1) is 8.48. The molecule has 13 heavy (non-hydrogen) atoms. The van der Waals surface area contributed by atoms with Gasteiger partial charge in [0.05, 0.1) is 5.52 Å². The first-order valence-electron chi connectivity index (χ1n) is 4.04. The second kappa shape index (κ2) is 3.32. The van der Waals surface area contributed by atoms with Crippen LogP contribution in [0.2, 0.25) is 5.02 Å². The van der Waals surface area contributed by atoms with E-state index in [1.165, 1.54) is 0 Å². The molecule has 0 radical (unpaired) electrons. The van der Waals surface area contributed by atoms with Gasteiger partial charge in [-0.25, -0.2) is 0 Å². The molecule has 0 aliphatic rings. The molecule has 2 N–H and O–H groups in total. The van der Waals surface area contributed by atoms with Gasteiger partial charge in [-0.15, -0.1) is 0 Å². The van der Waals surface area contributed by atoms with E-state index in [0.29, 0.717) is 11.6 Å². The molecule has 0 spiro atoms. The van der Waals surface area contributed by atoms with Crippen LogP contribution in [0.3, 0.4) is 0 Å². The molecule has 2 aromatic rings. The van der Waals surface area contributed by atoms with Crippen LogP contribution in [0.15, 0.2) is 30.5 Å². The summed E-state index contributed by atoms with van der Waals surface area (Å²) in [7, 11) is 0. The van der Waals surface area contributed by atoms with Crippen molar-refractivity contribution < 1.29 is 0 Å². The molecule has 0 atom stereocenters. The van der Waals surface area contributed by atoms with E-state index >= 15 is 0 Å². The number of rotatable bonds is 1. The van der Waals surface area contributed by atoms with Crippen LogP contribution < -0.4 is 5.73 Å². The van der Waals surface area contributed by atoms with Crippen molar-refractivity contribution in [3.05, 3.63) is 41.0 Å². The normalized spacial score (nSPS) is 10.6. The summed E-state index contributed by atoms with van der Waals surface area (Å²) in [6, 6.07) is 7.62. The quantitative estimate of drug-likeness (QED) is 0.754. The minimum absolute atomic E-state index is 0.466. The molecule has 0 bridgehead atoms. The monoisotopic (exact) mass is 192 g/mol. The number of fused-ring (bicyclic) bond motifs is 1. The van der Waals surface area contributed by atoms with Crippen molar-refractivity contribution in [2.45, 2.75) is 6.54 Å². The minimum Gasteiger partial charge on any atom is -0.326 e. The summed E-state index contributed by atoms with van der Waals surface area (Å²) in [6.45, 7) is 0.466. The van der Waals surface area contributed by atoms with Crippen molar-refractivity contribution in [2.75, 3.05) is 0 Å². The lowest BCUT2D eigenvalue weighted by molar-refractivity contribution is 1.08. The molecule has 1 heterocycles. The third kappa shape index (κ3) is 1.50. The second-order valence-electron chi connectivity index (χ2n) is 2.84. The van der Waals surface area contributed by atoms with Crippen molar-refractivity contribution in [3.8, 4) is 0 Å². The lowest BCUT2D eigenvalue weighted by Gasteiger charge is -2.03. The average Bonchev–Trinajstić information content (AvgIpc) is 2.16. The Bertz CT molecular complexity index is 440. The molecule has 0 fully saturated rings. The third-order valence-electron chi connectivity index (χ3n) is 1.97. The summed E-state index contributed by atoms with van der Waals surface area (Å²) in [5.41, 5.74) is 7.51. The van der Waals surface area contributed by atoms with E-state index in [-0.39, 0.29) is 0 Å². The molecule has 2 rings (SSSR count). The maximum atomic E-state index is 5.92. The molecule has 66 valence electrons. The summed E-state index contributed by atoms with van der Waals surface area (Å²) in [5, 5.41) is 1.75. The largest absolute Gasteiger partial charge is 0.326 e. The molecular formula is C10H9ClN2. The van der Waals surface area contributed by atoms with Gasteiger partial charge in [-0.1, -0.05) is 17.7 Å². The van der Waals surface area contributed by atoms with Crippen molar-refractivity contribution in [1.29, 1.82) is 0 Å². The predicted octanol–water partition coefficient (Wildman–Crippen LogP) is 2.35. The van der Waals surface area contributed by atoms with Gasteiger partial charge in [-0.05, 0) is 23.8 Å². The Labute approximate surface area is 81.3 Å². The summed E-state index contributed by atoms with van der Waals surface area (Å²) in [4.78, 5) is 4.25.